The van der Waals surface area contributed by atoms with Gasteiger partial charge in [-0.2, -0.15) is 0 Å². The average molecular weight is 270 g/mol. The molecule has 1 amide bonds. The van der Waals surface area contributed by atoms with Crippen LogP contribution in [0.1, 0.15) is 9.67 Å². The minimum atomic E-state index is -0.0434. The number of fused-ring (bicyclic) bond motifs is 1. The van der Waals surface area contributed by atoms with E-state index in [0.29, 0.717) is 0 Å². The fourth-order valence-electron chi connectivity index (χ4n) is 1.27. The lowest BCUT2D eigenvalue weighted by atomic mass is 10.2. The Morgan fingerprint density at radius 1 is 1.43 bits per heavy atom. The zero-order chi connectivity index (χ0) is 10.1. The van der Waals surface area contributed by atoms with Gasteiger partial charge in [-0.05, 0) is 22.0 Å². The molecule has 1 aromatic heterocycles. The number of rotatable bonds is 1. The minimum Gasteiger partial charge on any atom is -0.354 e. The van der Waals surface area contributed by atoms with Gasteiger partial charge in [0.15, 0.2) is 0 Å². The molecule has 0 unspecified atom stereocenters. The number of carbonyl (C=O) groups is 1. The number of hydrogen-bond acceptors (Lipinski definition) is 2. The molecule has 72 valence electrons. The molecule has 1 N–H and O–H groups in total. The second-order valence-corrected chi connectivity index (χ2v) is 4.67. The Morgan fingerprint density at radius 2 is 2.14 bits per heavy atom. The molecule has 14 heavy (non-hydrogen) atoms. The van der Waals surface area contributed by atoms with E-state index < -0.39 is 0 Å². The number of nitrogens with one attached hydrogen (secondary N) is 1. The molecule has 0 aliphatic heterocycles. The summed E-state index contributed by atoms with van der Waals surface area (Å²) in [6.45, 7) is 0. The van der Waals surface area contributed by atoms with Crippen LogP contribution in [0, 0.1) is 0 Å². The summed E-state index contributed by atoms with van der Waals surface area (Å²) < 4.78 is 2.01. The Balaban J connectivity index is 2.68. The molecule has 0 spiro atoms. The Morgan fingerprint density at radius 3 is 2.79 bits per heavy atom. The fraction of sp³-hybridized carbons (Fsp3) is 0.100. The van der Waals surface area contributed by atoms with Crippen molar-refractivity contribution in [1.29, 1.82) is 0 Å². The van der Waals surface area contributed by atoms with Crippen molar-refractivity contribution < 1.29 is 4.79 Å². The van der Waals surface area contributed by atoms with E-state index in [2.05, 4.69) is 21.2 Å². The van der Waals surface area contributed by atoms with Crippen LogP contribution in [-0.2, 0) is 0 Å². The highest BCUT2D eigenvalue weighted by molar-refractivity contribution is 9.10. The maximum Gasteiger partial charge on any atom is 0.262 e. The summed E-state index contributed by atoms with van der Waals surface area (Å²) in [5.74, 6) is -0.0434. The number of benzene rings is 1. The Bertz CT molecular complexity index is 492. The standard InChI is InChI=1S/C10H8BrNOS/c1-12-10(13)9-8(11)6-4-2-3-5-7(6)14-9/h2-5H,1H3,(H,12,13). The predicted molar refractivity (Wildman–Crippen MR) is 62.9 cm³/mol. The van der Waals surface area contributed by atoms with E-state index in [9.17, 15) is 4.79 Å². The lowest BCUT2D eigenvalue weighted by Gasteiger charge is -1.94. The number of carbonyl (C=O) groups excluding carboxylic acids is 1. The molecule has 1 heterocycles. The molecule has 2 rings (SSSR count). The van der Waals surface area contributed by atoms with Crippen LogP contribution >= 0.6 is 27.3 Å². The summed E-state index contributed by atoms with van der Waals surface area (Å²) in [7, 11) is 1.64. The second-order valence-electron chi connectivity index (χ2n) is 2.82. The minimum absolute atomic E-state index is 0.0434. The zero-order valence-corrected chi connectivity index (χ0v) is 9.91. The van der Waals surface area contributed by atoms with Crippen LogP contribution < -0.4 is 5.32 Å². The Labute approximate surface area is 94.1 Å². The lowest BCUT2D eigenvalue weighted by molar-refractivity contribution is 0.0966. The number of hydrogen-bond donors (Lipinski definition) is 1. The first-order valence-electron chi connectivity index (χ1n) is 4.13. The highest BCUT2D eigenvalue weighted by atomic mass is 79.9. The molecule has 0 radical (unpaired) electrons. The molecule has 2 nitrogen and oxygen atoms in total. The van der Waals surface area contributed by atoms with Gasteiger partial charge in [0.2, 0.25) is 0 Å². The maximum atomic E-state index is 11.5. The van der Waals surface area contributed by atoms with Crippen molar-refractivity contribution in [3.8, 4) is 0 Å². The third-order valence-corrected chi connectivity index (χ3v) is 4.22. The number of halogens is 1. The van der Waals surface area contributed by atoms with E-state index in [4.69, 9.17) is 0 Å². The van der Waals surface area contributed by atoms with Crippen LogP contribution in [0.2, 0.25) is 0 Å². The molecule has 0 atom stereocenters. The van der Waals surface area contributed by atoms with Gasteiger partial charge in [0, 0.05) is 21.6 Å². The monoisotopic (exact) mass is 269 g/mol. The van der Waals surface area contributed by atoms with Crippen molar-refractivity contribution in [3.05, 3.63) is 33.6 Å². The third kappa shape index (κ3) is 1.44. The van der Waals surface area contributed by atoms with E-state index in [0.717, 1.165) is 19.4 Å². The fourth-order valence-corrected chi connectivity index (χ4v) is 3.21. The first-order valence-corrected chi connectivity index (χ1v) is 5.74. The van der Waals surface area contributed by atoms with Gasteiger partial charge in [-0.15, -0.1) is 11.3 Å². The van der Waals surface area contributed by atoms with Crippen molar-refractivity contribution >= 4 is 43.3 Å². The summed E-state index contributed by atoms with van der Waals surface area (Å²) in [5, 5.41) is 3.72. The molecule has 2 aromatic rings. The molecule has 0 aliphatic rings. The van der Waals surface area contributed by atoms with Crippen molar-refractivity contribution in [1.82, 2.24) is 5.32 Å². The lowest BCUT2D eigenvalue weighted by Crippen LogP contribution is -2.16. The Hall–Kier alpha value is -0.870. The van der Waals surface area contributed by atoms with Crippen molar-refractivity contribution in [3.63, 3.8) is 0 Å². The van der Waals surface area contributed by atoms with Gasteiger partial charge >= 0.3 is 0 Å². The van der Waals surface area contributed by atoms with Gasteiger partial charge < -0.3 is 5.32 Å². The van der Waals surface area contributed by atoms with Crippen molar-refractivity contribution in [2.75, 3.05) is 7.05 Å². The van der Waals surface area contributed by atoms with Gasteiger partial charge in [0.05, 0.1) is 0 Å². The molecule has 0 aliphatic carbocycles. The number of thiophene rings is 1. The number of amides is 1. The van der Waals surface area contributed by atoms with Gasteiger partial charge in [-0.1, -0.05) is 18.2 Å². The molecule has 0 saturated carbocycles. The highest BCUT2D eigenvalue weighted by Gasteiger charge is 2.14. The van der Waals surface area contributed by atoms with Crippen LogP contribution in [0.4, 0.5) is 0 Å². The molecule has 4 heteroatoms. The summed E-state index contributed by atoms with van der Waals surface area (Å²) in [6, 6.07) is 7.95. The predicted octanol–water partition coefficient (Wildman–Crippen LogP) is 3.02. The van der Waals surface area contributed by atoms with Crippen LogP contribution in [0.3, 0.4) is 0 Å². The smallest absolute Gasteiger partial charge is 0.262 e. The molecule has 0 saturated heterocycles. The molecule has 0 fully saturated rings. The third-order valence-electron chi connectivity index (χ3n) is 1.97. The van der Waals surface area contributed by atoms with Crippen LogP contribution in [-0.4, -0.2) is 13.0 Å². The highest BCUT2D eigenvalue weighted by Crippen LogP contribution is 2.35. The second kappa shape index (κ2) is 3.71. The molecular weight excluding hydrogens is 262 g/mol. The topological polar surface area (TPSA) is 29.1 Å². The van der Waals surface area contributed by atoms with E-state index in [1.165, 1.54) is 11.3 Å². The van der Waals surface area contributed by atoms with Gasteiger partial charge in [0.25, 0.3) is 5.91 Å². The average Bonchev–Trinajstić information content (AvgIpc) is 2.56. The van der Waals surface area contributed by atoms with Crippen LogP contribution in [0.25, 0.3) is 10.1 Å². The quantitative estimate of drug-likeness (QED) is 0.847. The van der Waals surface area contributed by atoms with E-state index in [-0.39, 0.29) is 5.91 Å². The summed E-state index contributed by atoms with van der Waals surface area (Å²) >= 11 is 4.94. The normalized spacial score (nSPS) is 10.4. The van der Waals surface area contributed by atoms with E-state index in [1.807, 2.05) is 24.3 Å². The van der Waals surface area contributed by atoms with Gasteiger partial charge in [0.1, 0.15) is 4.88 Å². The zero-order valence-electron chi connectivity index (χ0n) is 7.50. The maximum absolute atomic E-state index is 11.5. The van der Waals surface area contributed by atoms with E-state index >= 15 is 0 Å². The SMILES string of the molecule is CNC(=O)c1sc2ccccc2c1Br. The van der Waals surface area contributed by atoms with Gasteiger partial charge in [-0.25, -0.2) is 0 Å². The largest absolute Gasteiger partial charge is 0.354 e. The molecular formula is C10H8BrNOS. The van der Waals surface area contributed by atoms with Crippen molar-refractivity contribution in [2.24, 2.45) is 0 Å². The summed E-state index contributed by atoms with van der Waals surface area (Å²) in [5.41, 5.74) is 0. The summed E-state index contributed by atoms with van der Waals surface area (Å²) in [6.07, 6.45) is 0. The first kappa shape index (κ1) is 9.68. The molecule has 1 aromatic carbocycles. The van der Waals surface area contributed by atoms with Crippen LogP contribution in [0.15, 0.2) is 28.7 Å². The van der Waals surface area contributed by atoms with Crippen molar-refractivity contribution in [2.45, 2.75) is 0 Å². The van der Waals surface area contributed by atoms with Crippen LogP contribution in [0.5, 0.6) is 0 Å². The summed E-state index contributed by atoms with van der Waals surface area (Å²) in [4.78, 5) is 12.2. The van der Waals surface area contributed by atoms with E-state index in [1.54, 1.807) is 7.05 Å². The van der Waals surface area contributed by atoms with Gasteiger partial charge in [-0.3, -0.25) is 4.79 Å². The Kier molecular flexibility index (Phi) is 2.56. The molecule has 0 bridgehead atoms. The first-order chi connectivity index (χ1) is 6.74.